The molecular formula is C10H11N3O4. The fraction of sp³-hybridized carbons (Fsp3) is 0.500. The Labute approximate surface area is 96.1 Å². The lowest BCUT2D eigenvalue weighted by molar-refractivity contribution is -0.0115. The number of ether oxygens (including phenoxy) is 1. The van der Waals surface area contributed by atoms with Crippen LogP contribution in [-0.2, 0) is 4.74 Å². The number of H-pyrrole nitrogens is 1. The third-order valence-electron chi connectivity index (χ3n) is 2.64. The van der Waals surface area contributed by atoms with Crippen LogP contribution in [0.3, 0.4) is 0 Å². The van der Waals surface area contributed by atoms with Gasteiger partial charge in [0, 0.05) is 18.7 Å². The van der Waals surface area contributed by atoms with Gasteiger partial charge in [0.05, 0.1) is 6.10 Å². The molecule has 90 valence electrons. The Balaban J connectivity index is 2.23. The molecule has 2 N–H and O–H groups in total. The number of nitrogens with zero attached hydrogens (tertiary/aromatic N) is 2. The van der Waals surface area contributed by atoms with Crippen molar-refractivity contribution in [1.29, 1.82) is 0 Å². The molecule has 0 spiro atoms. The van der Waals surface area contributed by atoms with Crippen LogP contribution in [0.1, 0.15) is 12.6 Å². The number of hydrogen-bond acceptors (Lipinski definition) is 4. The summed E-state index contributed by atoms with van der Waals surface area (Å²) in [4.78, 5) is 27.6. The number of rotatable bonds is 2. The minimum absolute atomic E-state index is 0.0514. The van der Waals surface area contributed by atoms with Crippen molar-refractivity contribution in [3.63, 3.8) is 0 Å². The zero-order valence-corrected chi connectivity index (χ0v) is 8.87. The fourth-order valence-electron chi connectivity index (χ4n) is 1.79. The van der Waals surface area contributed by atoms with E-state index in [9.17, 15) is 14.7 Å². The van der Waals surface area contributed by atoms with Gasteiger partial charge in [-0.3, -0.25) is 14.3 Å². The summed E-state index contributed by atoms with van der Waals surface area (Å²) in [5.74, 6) is 0. The molecule has 1 saturated heterocycles. The van der Waals surface area contributed by atoms with E-state index >= 15 is 0 Å². The van der Waals surface area contributed by atoms with Crippen LogP contribution in [0.5, 0.6) is 0 Å². The van der Waals surface area contributed by atoms with Crippen LogP contribution in [-0.4, -0.2) is 33.4 Å². The third kappa shape index (κ3) is 2.27. The summed E-state index contributed by atoms with van der Waals surface area (Å²) >= 11 is 0. The van der Waals surface area contributed by atoms with Crippen LogP contribution in [0.2, 0.25) is 0 Å². The highest BCUT2D eigenvalue weighted by Crippen LogP contribution is 2.27. The number of aliphatic hydroxyl groups is 1. The average Bonchev–Trinajstić information content (AvgIpc) is 2.60. The minimum Gasteiger partial charge on any atom is -0.390 e. The molecule has 2 heterocycles. The summed E-state index contributed by atoms with van der Waals surface area (Å²) in [7, 11) is 0. The maximum atomic E-state index is 11.5. The van der Waals surface area contributed by atoms with Crippen LogP contribution in [0.15, 0.2) is 21.9 Å². The fourth-order valence-corrected chi connectivity index (χ4v) is 1.79. The molecule has 0 bridgehead atoms. The largest absolute Gasteiger partial charge is 0.390 e. The van der Waals surface area contributed by atoms with Gasteiger partial charge in [0.25, 0.3) is 5.56 Å². The molecule has 0 saturated carbocycles. The minimum atomic E-state index is -0.770. The molecule has 1 aliphatic heterocycles. The first-order chi connectivity index (χ1) is 8.11. The van der Waals surface area contributed by atoms with Crippen LogP contribution in [0.25, 0.3) is 4.85 Å². The molecule has 1 aromatic rings. The Kier molecular flexibility index (Phi) is 3.08. The highest BCUT2D eigenvalue weighted by Gasteiger charge is 2.37. The highest BCUT2D eigenvalue weighted by molar-refractivity contribution is 4.90. The van der Waals surface area contributed by atoms with Crippen molar-refractivity contribution in [2.24, 2.45) is 0 Å². The van der Waals surface area contributed by atoms with Crippen LogP contribution < -0.4 is 11.2 Å². The van der Waals surface area contributed by atoms with Gasteiger partial charge in [-0.15, -0.1) is 0 Å². The lowest BCUT2D eigenvalue weighted by Crippen LogP contribution is -2.31. The van der Waals surface area contributed by atoms with Gasteiger partial charge in [-0.2, -0.15) is 0 Å². The average molecular weight is 237 g/mol. The predicted molar refractivity (Wildman–Crippen MR) is 57.3 cm³/mol. The van der Waals surface area contributed by atoms with Gasteiger partial charge in [-0.1, -0.05) is 0 Å². The molecule has 0 aliphatic carbocycles. The summed E-state index contributed by atoms with van der Waals surface area (Å²) in [6, 6.07) is 1.21. The van der Waals surface area contributed by atoms with Crippen LogP contribution >= 0.6 is 0 Å². The topological polar surface area (TPSA) is 88.7 Å². The standard InChI is InChI=1S/C10H11N3O4/c1-11-5-7-6(14)4-9(17-7)13-3-2-8(15)12-10(13)16/h2-3,6-7,9,14H,4-5H2,(H,12,15,16)/t6-,7+,9+/m0/s1. The molecule has 1 aliphatic rings. The maximum Gasteiger partial charge on any atom is 0.330 e. The van der Waals surface area contributed by atoms with E-state index in [4.69, 9.17) is 11.3 Å². The monoisotopic (exact) mass is 237 g/mol. The second kappa shape index (κ2) is 4.53. The van der Waals surface area contributed by atoms with Gasteiger partial charge in [0.15, 0.2) is 6.10 Å². The van der Waals surface area contributed by atoms with E-state index in [1.165, 1.54) is 16.8 Å². The van der Waals surface area contributed by atoms with E-state index in [1.54, 1.807) is 0 Å². The van der Waals surface area contributed by atoms with Crippen molar-refractivity contribution in [3.8, 4) is 0 Å². The van der Waals surface area contributed by atoms with Crippen molar-refractivity contribution >= 4 is 0 Å². The van der Waals surface area contributed by atoms with Crippen molar-refractivity contribution in [2.45, 2.75) is 24.9 Å². The molecule has 7 nitrogen and oxygen atoms in total. The Morgan fingerprint density at radius 1 is 1.65 bits per heavy atom. The lowest BCUT2D eigenvalue weighted by atomic mass is 10.2. The molecule has 1 aromatic heterocycles. The Morgan fingerprint density at radius 3 is 3.06 bits per heavy atom. The third-order valence-corrected chi connectivity index (χ3v) is 2.64. The summed E-state index contributed by atoms with van der Waals surface area (Å²) in [6.45, 7) is 6.77. The summed E-state index contributed by atoms with van der Waals surface area (Å²) in [5, 5.41) is 9.64. The smallest absolute Gasteiger partial charge is 0.330 e. The van der Waals surface area contributed by atoms with E-state index < -0.39 is 29.7 Å². The maximum absolute atomic E-state index is 11.5. The van der Waals surface area contributed by atoms with E-state index in [0.717, 1.165) is 0 Å². The van der Waals surface area contributed by atoms with Gasteiger partial charge < -0.3 is 14.7 Å². The molecule has 0 unspecified atom stereocenters. The highest BCUT2D eigenvalue weighted by atomic mass is 16.5. The Morgan fingerprint density at radius 2 is 2.41 bits per heavy atom. The van der Waals surface area contributed by atoms with Crippen molar-refractivity contribution in [2.75, 3.05) is 6.54 Å². The molecule has 0 amide bonds. The quantitative estimate of drug-likeness (QED) is 0.653. The van der Waals surface area contributed by atoms with E-state index in [-0.39, 0.29) is 13.0 Å². The normalized spacial score (nSPS) is 27.9. The Hall–Kier alpha value is -1.91. The zero-order valence-electron chi connectivity index (χ0n) is 8.87. The van der Waals surface area contributed by atoms with E-state index in [0.29, 0.717) is 0 Å². The molecule has 17 heavy (non-hydrogen) atoms. The summed E-state index contributed by atoms with van der Waals surface area (Å²) < 4.78 is 6.60. The van der Waals surface area contributed by atoms with Crippen molar-refractivity contribution in [1.82, 2.24) is 9.55 Å². The Bertz CT molecular complexity index is 556. The van der Waals surface area contributed by atoms with Crippen molar-refractivity contribution in [3.05, 3.63) is 44.5 Å². The summed E-state index contributed by atoms with van der Waals surface area (Å²) in [6.07, 6.45) is -0.449. The second-order valence-electron chi connectivity index (χ2n) is 3.79. The van der Waals surface area contributed by atoms with Gasteiger partial charge >= 0.3 is 5.69 Å². The van der Waals surface area contributed by atoms with Crippen LogP contribution in [0, 0.1) is 6.57 Å². The van der Waals surface area contributed by atoms with Crippen molar-refractivity contribution < 1.29 is 9.84 Å². The summed E-state index contributed by atoms with van der Waals surface area (Å²) in [5.41, 5.74) is -1.07. The lowest BCUT2D eigenvalue weighted by Gasteiger charge is -2.12. The number of hydrogen-bond donors (Lipinski definition) is 2. The molecule has 1 fully saturated rings. The SMILES string of the molecule is [C-]#[N+]C[C@H]1O[C@@H](n2ccc(=O)[nH]c2=O)C[C@@H]1O. The van der Waals surface area contributed by atoms with Crippen LogP contribution in [0.4, 0.5) is 0 Å². The van der Waals surface area contributed by atoms with E-state index in [1.807, 2.05) is 0 Å². The number of aromatic nitrogens is 2. The van der Waals surface area contributed by atoms with Gasteiger partial charge in [-0.05, 0) is 0 Å². The van der Waals surface area contributed by atoms with Gasteiger partial charge in [-0.25, -0.2) is 11.4 Å². The molecule has 3 atom stereocenters. The molecule has 0 radical (unpaired) electrons. The van der Waals surface area contributed by atoms with Gasteiger partial charge in [0.2, 0.25) is 6.54 Å². The predicted octanol–water partition coefficient (Wildman–Crippen LogP) is -0.896. The number of nitrogens with one attached hydrogen (secondary N) is 1. The van der Waals surface area contributed by atoms with Gasteiger partial charge in [0.1, 0.15) is 6.23 Å². The molecule has 0 aromatic carbocycles. The zero-order chi connectivity index (χ0) is 12.4. The first kappa shape index (κ1) is 11.6. The molecular weight excluding hydrogens is 226 g/mol. The first-order valence-electron chi connectivity index (χ1n) is 5.10. The second-order valence-corrected chi connectivity index (χ2v) is 3.79. The van der Waals surface area contributed by atoms with E-state index in [2.05, 4.69) is 9.83 Å². The molecule has 2 rings (SSSR count). The number of aliphatic hydroxyl groups excluding tert-OH is 1. The molecule has 7 heteroatoms. The first-order valence-corrected chi connectivity index (χ1v) is 5.10. The number of aromatic amines is 1.